The van der Waals surface area contributed by atoms with E-state index in [1.165, 1.54) is 0 Å². The van der Waals surface area contributed by atoms with Crippen molar-refractivity contribution in [1.82, 2.24) is 5.32 Å². The fourth-order valence-corrected chi connectivity index (χ4v) is 6.18. The fraction of sp³-hybridized carbons (Fsp3) is 0.387. The van der Waals surface area contributed by atoms with Crippen LogP contribution in [0.25, 0.3) is 11.1 Å². The third-order valence-electron chi connectivity index (χ3n) is 7.60. The average Bonchev–Trinajstić information content (AvgIpc) is 3.52. The van der Waals surface area contributed by atoms with E-state index >= 15 is 0 Å². The summed E-state index contributed by atoms with van der Waals surface area (Å²) < 4.78 is 24.8. The second kappa shape index (κ2) is 8.86. The van der Waals surface area contributed by atoms with Gasteiger partial charge in [-0.3, -0.25) is 5.32 Å². The number of benzene rings is 3. The molecule has 3 aliphatic rings. The van der Waals surface area contributed by atoms with Crippen LogP contribution < -0.4 is 5.32 Å². The lowest BCUT2D eigenvalue weighted by Gasteiger charge is -2.38. The number of ether oxygens (including phenoxy) is 4. The Hall–Kier alpha value is -2.87. The van der Waals surface area contributed by atoms with Gasteiger partial charge < -0.3 is 23.7 Å². The molecule has 37 heavy (non-hydrogen) atoms. The maximum absolute atomic E-state index is 12.9. The summed E-state index contributed by atoms with van der Waals surface area (Å²) in [6.07, 6.45) is -0.492. The van der Waals surface area contributed by atoms with Crippen molar-refractivity contribution in [3.05, 3.63) is 95.6 Å². The van der Waals surface area contributed by atoms with Crippen LogP contribution in [-0.4, -0.2) is 48.8 Å². The maximum atomic E-state index is 12.9. The van der Waals surface area contributed by atoms with Crippen LogP contribution in [0.2, 0.25) is 0 Å². The summed E-state index contributed by atoms with van der Waals surface area (Å²) in [6.45, 7) is 7.88. The highest BCUT2D eigenvalue weighted by atomic mass is 16.8. The highest BCUT2D eigenvalue weighted by Crippen LogP contribution is 2.51. The van der Waals surface area contributed by atoms with E-state index in [1.54, 1.807) is 0 Å². The number of hydrogen-bond donors (Lipinski definition) is 1. The van der Waals surface area contributed by atoms with Gasteiger partial charge in [0.05, 0.1) is 18.2 Å². The predicted octanol–water partition coefficient (Wildman–Crippen LogP) is 4.79. The molecule has 3 aromatic carbocycles. The Kier molecular flexibility index (Phi) is 5.86. The average molecular weight is 500 g/mol. The molecule has 0 spiro atoms. The molecule has 0 saturated carbocycles. The molecule has 0 bridgehead atoms. The Morgan fingerprint density at radius 1 is 0.784 bits per heavy atom. The molecule has 4 atom stereocenters. The SMILES string of the molecule is CC1(C)O[C@@H]([C@H]2COC(C)(C)O2)[C@@H]([C@@H](C=O)NC2(c3ccccc3)c3ccccc3-c3ccccc32)O1. The zero-order valence-electron chi connectivity index (χ0n) is 21.6. The van der Waals surface area contributed by atoms with E-state index in [0.29, 0.717) is 6.61 Å². The van der Waals surface area contributed by atoms with Crippen molar-refractivity contribution in [1.29, 1.82) is 0 Å². The Morgan fingerprint density at radius 3 is 1.95 bits per heavy atom. The molecule has 2 saturated heterocycles. The van der Waals surface area contributed by atoms with Crippen molar-refractivity contribution in [2.45, 2.75) is 69.2 Å². The number of rotatable bonds is 6. The van der Waals surface area contributed by atoms with Crippen LogP contribution >= 0.6 is 0 Å². The molecular weight excluding hydrogens is 466 g/mol. The van der Waals surface area contributed by atoms with E-state index in [4.69, 9.17) is 18.9 Å². The van der Waals surface area contributed by atoms with Crippen LogP contribution in [0.4, 0.5) is 0 Å². The predicted molar refractivity (Wildman–Crippen MR) is 140 cm³/mol. The standard InChI is InChI=1S/C31H33NO5/c1-29(2)34-19-26(35-29)28-27(36-30(3,4)37-28)25(18-33)32-31(20-12-6-5-7-13-20)23-16-10-8-14-21(23)22-15-9-11-17-24(22)31/h5-18,25-28,32H,19H2,1-4H3/t25-,26-,27-,28+/m1/s1. The number of aldehydes is 1. The molecule has 2 heterocycles. The molecule has 2 aliphatic heterocycles. The largest absolute Gasteiger partial charge is 0.348 e. The lowest BCUT2D eigenvalue weighted by molar-refractivity contribution is -0.175. The van der Waals surface area contributed by atoms with Crippen molar-refractivity contribution in [3.63, 3.8) is 0 Å². The highest BCUT2D eigenvalue weighted by molar-refractivity contribution is 5.83. The van der Waals surface area contributed by atoms with Gasteiger partial charge in [-0.2, -0.15) is 0 Å². The zero-order chi connectivity index (χ0) is 25.8. The maximum Gasteiger partial charge on any atom is 0.163 e. The summed E-state index contributed by atoms with van der Waals surface area (Å²) in [4.78, 5) is 12.9. The molecule has 6 nitrogen and oxygen atoms in total. The number of carbonyl (C=O) groups is 1. The summed E-state index contributed by atoms with van der Waals surface area (Å²) >= 11 is 0. The first kappa shape index (κ1) is 24.5. The minimum Gasteiger partial charge on any atom is -0.348 e. The lowest BCUT2D eigenvalue weighted by Crippen LogP contribution is -2.57. The Bertz CT molecular complexity index is 1260. The van der Waals surface area contributed by atoms with Crippen LogP contribution in [0.5, 0.6) is 0 Å². The minimum absolute atomic E-state index is 0.359. The number of carbonyl (C=O) groups excluding carboxylic acids is 1. The molecule has 2 fully saturated rings. The van der Waals surface area contributed by atoms with E-state index in [0.717, 1.165) is 34.1 Å². The van der Waals surface area contributed by atoms with Gasteiger partial charge in [0.1, 0.15) is 24.6 Å². The zero-order valence-corrected chi connectivity index (χ0v) is 21.6. The Balaban J connectivity index is 1.47. The number of nitrogens with one attached hydrogen (secondary N) is 1. The molecule has 0 unspecified atom stereocenters. The summed E-state index contributed by atoms with van der Waals surface area (Å²) in [5.41, 5.74) is 4.79. The monoisotopic (exact) mass is 499 g/mol. The molecule has 1 aliphatic carbocycles. The van der Waals surface area contributed by atoms with E-state index in [-0.39, 0.29) is 6.10 Å². The topological polar surface area (TPSA) is 66.0 Å². The second-order valence-electron chi connectivity index (χ2n) is 10.9. The first-order valence-corrected chi connectivity index (χ1v) is 12.9. The summed E-state index contributed by atoms with van der Waals surface area (Å²) in [6, 6.07) is 26.4. The van der Waals surface area contributed by atoms with Crippen LogP contribution in [0, 0.1) is 0 Å². The molecule has 192 valence electrons. The van der Waals surface area contributed by atoms with Crippen LogP contribution in [0.3, 0.4) is 0 Å². The third kappa shape index (κ3) is 4.04. The number of fused-ring (bicyclic) bond motifs is 3. The van der Waals surface area contributed by atoms with E-state index < -0.39 is 35.4 Å². The van der Waals surface area contributed by atoms with Gasteiger partial charge in [0.2, 0.25) is 0 Å². The summed E-state index contributed by atoms with van der Waals surface area (Å²) in [7, 11) is 0. The van der Waals surface area contributed by atoms with Gasteiger partial charge in [0.15, 0.2) is 11.6 Å². The first-order valence-electron chi connectivity index (χ1n) is 12.9. The van der Waals surface area contributed by atoms with E-state index in [9.17, 15) is 4.79 Å². The van der Waals surface area contributed by atoms with Crippen molar-refractivity contribution in [2.75, 3.05) is 6.61 Å². The second-order valence-corrected chi connectivity index (χ2v) is 10.9. The van der Waals surface area contributed by atoms with Gasteiger partial charge in [-0.25, -0.2) is 0 Å². The fourth-order valence-electron chi connectivity index (χ4n) is 6.18. The van der Waals surface area contributed by atoms with Gasteiger partial charge in [-0.1, -0.05) is 78.9 Å². The van der Waals surface area contributed by atoms with Crippen LogP contribution in [0.1, 0.15) is 44.4 Å². The van der Waals surface area contributed by atoms with Gasteiger partial charge in [0.25, 0.3) is 0 Å². The van der Waals surface area contributed by atoms with Crippen molar-refractivity contribution >= 4 is 6.29 Å². The van der Waals surface area contributed by atoms with E-state index in [2.05, 4.69) is 53.8 Å². The quantitative estimate of drug-likeness (QED) is 0.492. The smallest absolute Gasteiger partial charge is 0.163 e. The summed E-state index contributed by atoms with van der Waals surface area (Å²) in [5.74, 6) is -1.59. The molecule has 6 rings (SSSR count). The normalized spacial score (nSPS) is 27.4. The molecule has 0 amide bonds. The van der Waals surface area contributed by atoms with Crippen molar-refractivity contribution in [3.8, 4) is 11.1 Å². The van der Waals surface area contributed by atoms with Gasteiger partial charge in [-0.15, -0.1) is 0 Å². The molecule has 6 heteroatoms. The molecule has 3 aromatic rings. The van der Waals surface area contributed by atoms with Gasteiger partial charge in [-0.05, 0) is 55.5 Å². The highest BCUT2D eigenvalue weighted by Gasteiger charge is 2.54. The number of hydrogen-bond acceptors (Lipinski definition) is 6. The molecule has 0 radical (unpaired) electrons. The molecule has 0 aromatic heterocycles. The van der Waals surface area contributed by atoms with Gasteiger partial charge in [0, 0.05) is 0 Å². The first-order chi connectivity index (χ1) is 17.7. The van der Waals surface area contributed by atoms with Crippen molar-refractivity contribution in [2.24, 2.45) is 0 Å². The lowest BCUT2D eigenvalue weighted by atomic mass is 9.79. The molecule has 1 N–H and O–H groups in total. The Labute approximate surface area is 217 Å². The van der Waals surface area contributed by atoms with E-state index in [1.807, 2.05) is 58.0 Å². The van der Waals surface area contributed by atoms with Crippen molar-refractivity contribution < 1.29 is 23.7 Å². The summed E-state index contributed by atoms with van der Waals surface area (Å²) in [5, 5.41) is 3.79. The van der Waals surface area contributed by atoms with Crippen LogP contribution in [0.15, 0.2) is 78.9 Å². The van der Waals surface area contributed by atoms with Gasteiger partial charge >= 0.3 is 0 Å². The minimum atomic E-state index is -0.875. The van der Waals surface area contributed by atoms with Crippen LogP contribution in [-0.2, 0) is 29.3 Å². The third-order valence-corrected chi connectivity index (χ3v) is 7.60. The molecular formula is C31H33NO5. The Morgan fingerprint density at radius 2 is 1.38 bits per heavy atom.